The maximum Gasteiger partial charge on any atom is 0.228 e. The second-order valence-electron chi connectivity index (χ2n) is 18.6. The van der Waals surface area contributed by atoms with Crippen LogP contribution in [0.3, 0.4) is 0 Å². The van der Waals surface area contributed by atoms with Gasteiger partial charge in [0.15, 0.2) is 0 Å². The molecular weight excluding hydrogens is 980 g/mol. The second-order valence-corrected chi connectivity index (χ2v) is 18.6. The summed E-state index contributed by atoms with van der Waals surface area (Å²) < 4.78 is 14.8. The molecule has 0 bridgehead atoms. The quantitative estimate of drug-likeness (QED) is 0.149. The maximum absolute atomic E-state index is 6.69. The van der Waals surface area contributed by atoms with Crippen molar-refractivity contribution in [2.45, 2.75) is 52.4 Å². The average molecular weight is 1030 g/mol. The first kappa shape index (κ1) is 42.1. The van der Waals surface area contributed by atoms with E-state index in [1.807, 2.05) is 24.3 Å². The van der Waals surface area contributed by atoms with E-state index in [9.17, 15) is 0 Å². The van der Waals surface area contributed by atoms with E-state index in [4.69, 9.17) is 14.1 Å². The van der Waals surface area contributed by atoms with Crippen LogP contribution in [0.1, 0.15) is 52.7 Å². The number of pyridine rings is 1. The molecule has 65 heavy (non-hydrogen) atoms. The third-order valence-electron chi connectivity index (χ3n) is 12.3. The summed E-state index contributed by atoms with van der Waals surface area (Å²) in [5.74, 6) is 1.92. The van der Waals surface area contributed by atoms with Gasteiger partial charge in [-0.3, -0.25) is 0 Å². The van der Waals surface area contributed by atoms with Crippen molar-refractivity contribution in [3.05, 3.63) is 200 Å². The SMILES string of the molecule is CC(C)(C)c1cc(-c2ccccc2)c(N2[CH-]N(c3[c-]c(Oc4[c-]c5c(cc4)c4ccccc4n5-c4cc(C(C)(C)C)c5ccoc5n4)ccc3)c3ccccc32)c(-c2ccccc2)c1.[Pt]. The van der Waals surface area contributed by atoms with E-state index in [0.29, 0.717) is 17.2 Å². The Hall–Kier alpha value is -6.88. The monoisotopic (exact) mass is 1030 g/mol. The van der Waals surface area contributed by atoms with Crippen molar-refractivity contribution in [1.29, 1.82) is 0 Å². The van der Waals surface area contributed by atoms with Crippen LogP contribution in [0.2, 0.25) is 0 Å². The fraction of sp³-hybridized carbons (Fsp3) is 0.138. The Morgan fingerprint density at radius 3 is 1.88 bits per heavy atom. The van der Waals surface area contributed by atoms with Gasteiger partial charge in [0.05, 0.1) is 6.26 Å². The van der Waals surface area contributed by atoms with Gasteiger partial charge in [-0.2, -0.15) is 17.1 Å². The van der Waals surface area contributed by atoms with E-state index >= 15 is 0 Å². The molecule has 6 nitrogen and oxygen atoms in total. The van der Waals surface area contributed by atoms with Crippen LogP contribution in [-0.2, 0) is 31.9 Å². The molecule has 0 saturated heterocycles. The fourth-order valence-electron chi connectivity index (χ4n) is 9.08. The molecule has 0 saturated carbocycles. The predicted octanol–water partition coefficient (Wildman–Crippen LogP) is 15.7. The van der Waals surface area contributed by atoms with E-state index in [0.717, 1.165) is 78.0 Å². The van der Waals surface area contributed by atoms with Gasteiger partial charge in [0.1, 0.15) is 5.82 Å². The molecule has 4 heterocycles. The average Bonchev–Trinajstić information content (AvgIpc) is 4.03. The molecule has 10 aromatic rings. The van der Waals surface area contributed by atoms with Crippen molar-refractivity contribution in [3.8, 4) is 39.6 Å². The molecule has 324 valence electrons. The van der Waals surface area contributed by atoms with Crippen LogP contribution in [0.5, 0.6) is 11.5 Å². The number of rotatable bonds is 7. The Morgan fingerprint density at radius 1 is 0.569 bits per heavy atom. The third-order valence-corrected chi connectivity index (χ3v) is 12.3. The van der Waals surface area contributed by atoms with E-state index in [1.54, 1.807) is 6.26 Å². The van der Waals surface area contributed by atoms with Crippen LogP contribution in [0.15, 0.2) is 174 Å². The van der Waals surface area contributed by atoms with E-state index in [1.165, 1.54) is 11.1 Å². The predicted molar refractivity (Wildman–Crippen MR) is 262 cm³/mol. The minimum atomic E-state index is -0.132. The van der Waals surface area contributed by atoms with E-state index in [2.05, 4.69) is 214 Å². The number of anilines is 4. The fourth-order valence-corrected chi connectivity index (χ4v) is 9.08. The molecule has 0 N–H and O–H groups in total. The smallest absolute Gasteiger partial charge is 0.228 e. The van der Waals surface area contributed by atoms with Crippen LogP contribution < -0.4 is 14.5 Å². The summed E-state index contributed by atoms with van der Waals surface area (Å²) in [5, 5.41) is 3.19. The number of benzene rings is 7. The van der Waals surface area contributed by atoms with Crippen molar-refractivity contribution < 1.29 is 30.2 Å². The number of fused-ring (bicyclic) bond motifs is 5. The molecule has 7 heteroatoms. The number of ether oxygens (including phenoxy) is 1. The number of hydrogen-bond donors (Lipinski definition) is 0. The van der Waals surface area contributed by atoms with Gasteiger partial charge in [-0.1, -0.05) is 138 Å². The first-order chi connectivity index (χ1) is 31.0. The van der Waals surface area contributed by atoms with Crippen LogP contribution >= 0.6 is 0 Å². The largest absolute Gasteiger partial charge is 0.509 e. The summed E-state index contributed by atoms with van der Waals surface area (Å²) in [4.78, 5) is 9.59. The van der Waals surface area contributed by atoms with Crippen molar-refractivity contribution in [2.75, 3.05) is 9.80 Å². The Balaban J connectivity index is 0.00000498. The minimum Gasteiger partial charge on any atom is -0.509 e. The number of aromatic nitrogens is 2. The van der Waals surface area contributed by atoms with Crippen molar-refractivity contribution >= 4 is 55.7 Å². The number of para-hydroxylation sites is 3. The Labute approximate surface area is 395 Å². The van der Waals surface area contributed by atoms with Crippen LogP contribution in [0.4, 0.5) is 22.7 Å². The van der Waals surface area contributed by atoms with Crippen molar-refractivity contribution in [2.24, 2.45) is 0 Å². The topological polar surface area (TPSA) is 46.7 Å². The number of nitrogens with zero attached hydrogens (tertiary/aromatic N) is 4. The zero-order chi connectivity index (χ0) is 43.7. The maximum atomic E-state index is 6.69. The molecule has 7 aromatic carbocycles. The zero-order valence-electron chi connectivity index (χ0n) is 37.2. The summed E-state index contributed by atoms with van der Waals surface area (Å²) in [5.41, 5.74) is 13.5. The van der Waals surface area contributed by atoms with Gasteiger partial charge in [-0.15, -0.1) is 48.1 Å². The van der Waals surface area contributed by atoms with Gasteiger partial charge < -0.3 is 23.5 Å². The minimum absolute atomic E-state index is 0. The Bertz CT molecular complexity index is 3320. The molecule has 0 fully saturated rings. The summed E-state index contributed by atoms with van der Waals surface area (Å²) >= 11 is 0. The molecule has 11 rings (SSSR count). The van der Waals surface area contributed by atoms with Gasteiger partial charge >= 0.3 is 0 Å². The second kappa shape index (κ2) is 16.3. The van der Waals surface area contributed by atoms with Crippen LogP contribution in [0.25, 0.3) is 61.0 Å². The first-order valence-corrected chi connectivity index (χ1v) is 21.9. The van der Waals surface area contributed by atoms with Crippen molar-refractivity contribution in [3.63, 3.8) is 0 Å². The van der Waals surface area contributed by atoms with E-state index in [-0.39, 0.29) is 31.9 Å². The molecule has 0 spiro atoms. The van der Waals surface area contributed by atoms with Gasteiger partial charge in [0, 0.05) is 71.7 Å². The molecule has 0 unspecified atom stereocenters. The molecule has 0 radical (unpaired) electrons. The molecule has 0 amide bonds. The summed E-state index contributed by atoms with van der Waals surface area (Å²) in [6.45, 7) is 15.7. The molecule has 0 aliphatic carbocycles. The van der Waals surface area contributed by atoms with Crippen LogP contribution in [0, 0.1) is 18.8 Å². The Kier molecular flexibility index (Phi) is 10.5. The first-order valence-electron chi connectivity index (χ1n) is 21.9. The summed E-state index contributed by atoms with van der Waals surface area (Å²) in [6.07, 6.45) is 1.72. The third kappa shape index (κ3) is 7.50. The number of furan rings is 1. The molecule has 1 aliphatic heterocycles. The van der Waals surface area contributed by atoms with Gasteiger partial charge in [0.2, 0.25) is 5.71 Å². The summed E-state index contributed by atoms with van der Waals surface area (Å²) in [6, 6.07) is 64.8. The normalized spacial score (nSPS) is 12.8. The van der Waals surface area contributed by atoms with Gasteiger partial charge in [0.25, 0.3) is 0 Å². The molecule has 0 atom stereocenters. The summed E-state index contributed by atoms with van der Waals surface area (Å²) in [7, 11) is 0. The zero-order valence-corrected chi connectivity index (χ0v) is 39.4. The Morgan fingerprint density at radius 2 is 1.20 bits per heavy atom. The standard InChI is InChI=1S/C58H47N4O2.Pt/c1-57(2,3)40-32-47(38-18-9-7-10-19-38)55(48(33-40)39-20-11-8-12-21-39)61-37-60(51-26-15-16-27-52(51)61)41-22-17-23-42(34-41)64-43-28-29-45-44-24-13-14-25-50(44)62(53(45)35-43)54-36-49(58(4,5)6)46-30-31-63-56(46)59-54;/h7-33,36-37H,1-6H3;/q-3;. The van der Waals surface area contributed by atoms with E-state index < -0.39 is 0 Å². The number of hydrogen-bond acceptors (Lipinski definition) is 5. The molecule has 3 aromatic heterocycles. The van der Waals surface area contributed by atoms with Crippen LogP contribution in [-0.4, -0.2) is 9.55 Å². The van der Waals surface area contributed by atoms with Gasteiger partial charge in [-0.25, -0.2) is 0 Å². The van der Waals surface area contributed by atoms with Crippen molar-refractivity contribution in [1.82, 2.24) is 9.55 Å². The van der Waals surface area contributed by atoms with Gasteiger partial charge in [-0.05, 0) is 80.9 Å². The molecular formula is C58H47N4O2Pt-3. The molecule has 1 aliphatic rings.